The molecule has 2 aliphatic heterocycles. The van der Waals surface area contributed by atoms with E-state index in [0.717, 1.165) is 11.3 Å². The summed E-state index contributed by atoms with van der Waals surface area (Å²) < 4.78 is 5.07. The van der Waals surface area contributed by atoms with Gasteiger partial charge in [-0.1, -0.05) is 48.0 Å². The lowest BCUT2D eigenvalue weighted by molar-refractivity contribution is 0.207. The van der Waals surface area contributed by atoms with Gasteiger partial charge >= 0.3 is 6.09 Å². The third-order valence-corrected chi connectivity index (χ3v) is 4.82. The first-order chi connectivity index (χ1) is 13.5. The van der Waals surface area contributed by atoms with E-state index in [1.165, 1.54) is 0 Å². The van der Waals surface area contributed by atoms with Gasteiger partial charge in [-0.05, 0) is 17.7 Å². The van der Waals surface area contributed by atoms with Gasteiger partial charge in [0.1, 0.15) is 5.82 Å². The number of ether oxygens (including phenoxy) is 1. The topological polar surface area (TPSA) is 119 Å². The van der Waals surface area contributed by atoms with Crippen LogP contribution < -0.4 is 11.5 Å². The number of carbonyl (C=O) groups excluding carboxylic acids is 1. The number of amides is 1. The first kappa shape index (κ1) is 18.0. The van der Waals surface area contributed by atoms with Gasteiger partial charge in [0.15, 0.2) is 11.0 Å². The lowest BCUT2D eigenvalue weighted by atomic mass is 9.93. The molecule has 0 fully saturated rings. The number of halogens is 1. The zero-order chi connectivity index (χ0) is 19.7. The van der Waals surface area contributed by atoms with E-state index in [2.05, 4.69) is 9.98 Å². The smallest absolute Gasteiger partial charge is 0.387 e. The number of rotatable bonds is 2. The fraction of sp³-hybridized carbons (Fsp3) is 0.158. The van der Waals surface area contributed by atoms with E-state index >= 15 is 0 Å². The van der Waals surface area contributed by atoms with Crippen LogP contribution in [0.15, 0.2) is 75.7 Å². The minimum Gasteiger partial charge on any atom is -0.387 e. The summed E-state index contributed by atoms with van der Waals surface area (Å²) in [6, 6.07) is 14.9. The summed E-state index contributed by atoms with van der Waals surface area (Å²) in [7, 11) is 0. The summed E-state index contributed by atoms with van der Waals surface area (Å²) in [6.07, 6.45) is 1.29. The monoisotopic (exact) mass is 396 g/mol. The summed E-state index contributed by atoms with van der Waals surface area (Å²) >= 11 is 6.20. The Kier molecular flexibility index (Phi) is 4.70. The highest BCUT2D eigenvalue weighted by Crippen LogP contribution is 2.41. The number of carbonyl (C=O) groups is 1. The van der Waals surface area contributed by atoms with Crippen LogP contribution in [-0.2, 0) is 4.74 Å². The molecule has 2 aliphatic rings. The van der Waals surface area contributed by atoms with Gasteiger partial charge in [0.25, 0.3) is 5.90 Å². The van der Waals surface area contributed by atoms with Crippen molar-refractivity contribution in [3.05, 3.63) is 77.0 Å². The number of aliphatic imine (C=N–C) groups is 2. The fourth-order valence-electron chi connectivity index (χ4n) is 3.35. The van der Waals surface area contributed by atoms with E-state index in [0.29, 0.717) is 6.42 Å². The third kappa shape index (κ3) is 3.29. The molecule has 1 aromatic carbocycles. The number of nitrogens with two attached hydrogens (primary N) is 2. The predicted octanol–water partition coefficient (Wildman–Crippen LogP) is 2.80. The number of amidine groups is 1. The molecule has 0 saturated heterocycles. The van der Waals surface area contributed by atoms with Gasteiger partial charge in [-0.15, -0.1) is 0 Å². The van der Waals surface area contributed by atoms with Gasteiger partial charge in [-0.25, -0.2) is 4.79 Å². The van der Waals surface area contributed by atoms with Crippen LogP contribution in [0.1, 0.15) is 29.8 Å². The largest absolute Gasteiger partial charge is 0.411 e. The van der Waals surface area contributed by atoms with Crippen molar-refractivity contribution >= 4 is 29.4 Å². The van der Waals surface area contributed by atoms with Gasteiger partial charge in [-0.2, -0.15) is 4.99 Å². The van der Waals surface area contributed by atoms with E-state index in [1.54, 1.807) is 11.1 Å². The maximum absolute atomic E-state index is 11.4. The molecule has 0 aliphatic carbocycles. The Morgan fingerprint density at radius 3 is 2.61 bits per heavy atom. The second-order valence-corrected chi connectivity index (χ2v) is 6.63. The van der Waals surface area contributed by atoms with E-state index in [9.17, 15) is 4.79 Å². The predicted molar refractivity (Wildman–Crippen MR) is 105 cm³/mol. The van der Waals surface area contributed by atoms with Crippen LogP contribution in [0.5, 0.6) is 0 Å². The summed E-state index contributed by atoms with van der Waals surface area (Å²) in [6.45, 7) is 0. The fourth-order valence-corrected chi connectivity index (χ4v) is 3.51. The molecule has 8 nitrogen and oxygen atoms in total. The Balaban J connectivity index is 1.86. The highest BCUT2D eigenvalue weighted by molar-refractivity contribution is 6.43. The molecule has 0 saturated carbocycles. The SMILES string of the molecule is NC(=O)OC1=NC(Cl)=C(N)N2C1=NC(c1ccccn1)CC2c1ccccc1. The van der Waals surface area contributed by atoms with Crippen LogP contribution in [0.3, 0.4) is 0 Å². The normalized spacial score (nSPS) is 21.5. The molecule has 0 radical (unpaired) electrons. The Morgan fingerprint density at radius 2 is 1.93 bits per heavy atom. The van der Waals surface area contributed by atoms with Crippen LogP contribution >= 0.6 is 11.6 Å². The van der Waals surface area contributed by atoms with Crippen molar-refractivity contribution in [2.75, 3.05) is 0 Å². The second-order valence-electron chi connectivity index (χ2n) is 6.27. The molecule has 0 bridgehead atoms. The summed E-state index contributed by atoms with van der Waals surface area (Å²) in [5.74, 6) is 0.426. The summed E-state index contributed by atoms with van der Waals surface area (Å²) in [4.78, 5) is 26.3. The molecule has 1 amide bonds. The lowest BCUT2D eigenvalue weighted by Gasteiger charge is -2.41. The quantitative estimate of drug-likeness (QED) is 0.756. The average molecular weight is 397 g/mol. The Labute approximate surface area is 166 Å². The maximum atomic E-state index is 11.4. The zero-order valence-electron chi connectivity index (χ0n) is 14.7. The molecule has 4 rings (SSSR count). The van der Waals surface area contributed by atoms with E-state index in [-0.39, 0.29) is 34.8 Å². The Bertz CT molecular complexity index is 990. The number of fused-ring (bicyclic) bond motifs is 1. The van der Waals surface area contributed by atoms with Gasteiger partial charge in [0.2, 0.25) is 0 Å². The average Bonchev–Trinajstić information content (AvgIpc) is 2.72. The minimum atomic E-state index is -1.01. The zero-order valence-corrected chi connectivity index (χ0v) is 15.5. The molecule has 9 heteroatoms. The molecule has 1 aromatic heterocycles. The molecule has 2 aromatic rings. The van der Waals surface area contributed by atoms with Crippen LogP contribution in [0.25, 0.3) is 0 Å². The lowest BCUT2D eigenvalue weighted by Crippen LogP contribution is -2.48. The van der Waals surface area contributed by atoms with Crippen molar-refractivity contribution in [3.8, 4) is 0 Å². The van der Waals surface area contributed by atoms with Gasteiger partial charge in [0, 0.05) is 12.6 Å². The number of primary amides is 1. The number of benzene rings is 1. The standard InChI is InChI=1S/C19H17ClN6O2/c20-15-16(21)26-14(11-6-2-1-3-7-11)10-13(12-8-4-5-9-23-12)24-17(26)18(25-15)28-19(22)27/h1-9,13-14H,10,21H2,(H2,22,27). The molecular weight excluding hydrogens is 380 g/mol. The molecular formula is C19H17ClN6O2. The number of nitrogens with zero attached hydrogens (tertiary/aromatic N) is 4. The molecule has 142 valence electrons. The maximum Gasteiger partial charge on any atom is 0.411 e. The summed E-state index contributed by atoms with van der Waals surface area (Å²) in [5.41, 5.74) is 13.2. The third-order valence-electron chi connectivity index (χ3n) is 4.54. The van der Waals surface area contributed by atoms with Crippen molar-refractivity contribution in [1.82, 2.24) is 9.88 Å². The molecule has 28 heavy (non-hydrogen) atoms. The van der Waals surface area contributed by atoms with Crippen molar-refractivity contribution in [1.29, 1.82) is 0 Å². The van der Waals surface area contributed by atoms with Gasteiger partial charge in [-0.3, -0.25) is 14.9 Å². The van der Waals surface area contributed by atoms with Crippen LogP contribution in [0.4, 0.5) is 4.79 Å². The number of aromatic nitrogens is 1. The second kappa shape index (κ2) is 7.32. The minimum absolute atomic E-state index is 0.00687. The molecule has 0 spiro atoms. The van der Waals surface area contributed by atoms with Crippen LogP contribution in [-0.4, -0.2) is 27.7 Å². The highest BCUT2D eigenvalue weighted by atomic mass is 35.5. The van der Waals surface area contributed by atoms with Crippen LogP contribution in [0, 0.1) is 0 Å². The molecule has 2 atom stereocenters. The Morgan fingerprint density at radius 1 is 1.18 bits per heavy atom. The van der Waals surface area contributed by atoms with Crippen molar-refractivity contribution in [2.45, 2.75) is 18.5 Å². The van der Waals surface area contributed by atoms with Crippen molar-refractivity contribution < 1.29 is 9.53 Å². The number of pyridine rings is 1. The van der Waals surface area contributed by atoms with Crippen molar-refractivity contribution in [3.63, 3.8) is 0 Å². The molecule has 3 heterocycles. The first-order valence-electron chi connectivity index (χ1n) is 8.59. The van der Waals surface area contributed by atoms with Crippen molar-refractivity contribution in [2.24, 2.45) is 21.5 Å². The highest BCUT2D eigenvalue weighted by Gasteiger charge is 2.40. The van der Waals surface area contributed by atoms with Crippen LogP contribution in [0.2, 0.25) is 0 Å². The first-order valence-corrected chi connectivity index (χ1v) is 8.97. The number of hydrogen-bond acceptors (Lipinski definition) is 7. The van der Waals surface area contributed by atoms with E-state index in [4.69, 9.17) is 32.8 Å². The van der Waals surface area contributed by atoms with Gasteiger partial charge < -0.3 is 16.2 Å². The van der Waals surface area contributed by atoms with Gasteiger partial charge in [0.05, 0.1) is 17.8 Å². The molecule has 4 N–H and O–H groups in total. The summed E-state index contributed by atoms with van der Waals surface area (Å²) in [5, 5.41) is 0.00687. The van der Waals surface area contributed by atoms with E-state index in [1.807, 2.05) is 48.5 Å². The Hall–Kier alpha value is -3.39. The van der Waals surface area contributed by atoms with E-state index < -0.39 is 6.09 Å². The molecule has 2 unspecified atom stereocenters. The number of hydrogen-bond donors (Lipinski definition) is 2.